The van der Waals surface area contributed by atoms with Gasteiger partial charge in [-0.15, -0.1) is 0 Å². The van der Waals surface area contributed by atoms with Crippen LogP contribution in [0.5, 0.6) is 11.5 Å². The van der Waals surface area contributed by atoms with E-state index >= 15 is 0 Å². The Morgan fingerprint density at radius 3 is 2.43 bits per heavy atom. The summed E-state index contributed by atoms with van der Waals surface area (Å²) in [5, 5.41) is 0.693. The second-order valence-corrected chi connectivity index (χ2v) is 7.80. The molecule has 0 aliphatic carbocycles. The van der Waals surface area contributed by atoms with Crippen LogP contribution < -0.4 is 9.47 Å². The van der Waals surface area contributed by atoms with Crippen molar-refractivity contribution in [2.75, 3.05) is 6.61 Å². The van der Waals surface area contributed by atoms with E-state index in [9.17, 15) is 0 Å². The third-order valence-corrected chi connectivity index (χ3v) is 5.44. The minimum absolute atomic E-state index is 0.397. The molecule has 30 heavy (non-hydrogen) atoms. The van der Waals surface area contributed by atoms with E-state index in [1.807, 2.05) is 48.5 Å². The summed E-state index contributed by atoms with van der Waals surface area (Å²) in [7, 11) is 0. The van der Waals surface area contributed by atoms with Crippen molar-refractivity contribution >= 4 is 22.6 Å². The van der Waals surface area contributed by atoms with Gasteiger partial charge in [0.2, 0.25) is 0 Å². The van der Waals surface area contributed by atoms with E-state index in [2.05, 4.69) is 36.6 Å². The van der Waals surface area contributed by atoms with E-state index in [4.69, 9.17) is 26.1 Å². The molecule has 0 amide bonds. The largest absolute Gasteiger partial charge is 0.494 e. The number of nitrogens with zero attached hydrogens (tertiary/aromatic N) is 2. The fourth-order valence-electron chi connectivity index (χ4n) is 3.38. The lowest BCUT2D eigenvalue weighted by Crippen LogP contribution is -2.10. The fourth-order valence-corrected chi connectivity index (χ4v) is 3.51. The van der Waals surface area contributed by atoms with Crippen LogP contribution in [0.15, 0.2) is 66.7 Å². The van der Waals surface area contributed by atoms with Gasteiger partial charge in [-0.3, -0.25) is 0 Å². The zero-order valence-corrected chi connectivity index (χ0v) is 18.0. The predicted molar refractivity (Wildman–Crippen MR) is 122 cm³/mol. The molecule has 0 saturated heterocycles. The SMILES string of the molecule is Cc1ccc(OCCCn2c(COc3ccc(Cl)cc3)nc3ccccc32)cc1C. The molecule has 1 heterocycles. The normalized spacial score (nSPS) is 11.0. The first-order valence-corrected chi connectivity index (χ1v) is 10.5. The molecule has 0 N–H and O–H groups in total. The van der Waals surface area contributed by atoms with Crippen LogP contribution in [0, 0.1) is 13.8 Å². The van der Waals surface area contributed by atoms with E-state index < -0.39 is 0 Å². The van der Waals surface area contributed by atoms with Crippen LogP contribution in [0.3, 0.4) is 0 Å². The molecule has 0 radical (unpaired) electrons. The van der Waals surface area contributed by atoms with Gasteiger partial charge in [0.15, 0.2) is 0 Å². The van der Waals surface area contributed by atoms with Crippen LogP contribution in [0.2, 0.25) is 5.02 Å². The molecule has 154 valence electrons. The highest BCUT2D eigenvalue weighted by Gasteiger charge is 2.11. The van der Waals surface area contributed by atoms with Gasteiger partial charge in [-0.1, -0.05) is 29.8 Å². The summed E-state index contributed by atoms with van der Waals surface area (Å²) < 4.78 is 14.1. The third kappa shape index (κ3) is 4.77. The van der Waals surface area contributed by atoms with E-state index in [-0.39, 0.29) is 0 Å². The topological polar surface area (TPSA) is 36.3 Å². The van der Waals surface area contributed by atoms with Crippen LogP contribution in [-0.4, -0.2) is 16.2 Å². The van der Waals surface area contributed by atoms with Crippen LogP contribution in [0.25, 0.3) is 11.0 Å². The second-order valence-electron chi connectivity index (χ2n) is 7.36. The number of ether oxygens (including phenoxy) is 2. The Bertz CT molecular complexity index is 1140. The number of imidazole rings is 1. The van der Waals surface area contributed by atoms with Gasteiger partial charge in [0, 0.05) is 11.6 Å². The molecule has 1 aromatic heterocycles. The van der Waals surface area contributed by atoms with Gasteiger partial charge >= 0.3 is 0 Å². The number of aromatic nitrogens is 2. The average molecular weight is 421 g/mol. The van der Waals surface area contributed by atoms with Crippen LogP contribution >= 0.6 is 11.6 Å². The van der Waals surface area contributed by atoms with Gasteiger partial charge in [0.25, 0.3) is 0 Å². The molecule has 0 saturated carbocycles. The highest BCUT2D eigenvalue weighted by Crippen LogP contribution is 2.21. The van der Waals surface area contributed by atoms with Crippen molar-refractivity contribution in [1.82, 2.24) is 9.55 Å². The molecule has 0 unspecified atom stereocenters. The molecule has 4 aromatic rings. The Morgan fingerprint density at radius 1 is 0.867 bits per heavy atom. The fraction of sp³-hybridized carbons (Fsp3) is 0.240. The van der Waals surface area contributed by atoms with Crippen molar-refractivity contribution in [2.45, 2.75) is 33.4 Å². The molecule has 4 nitrogen and oxygen atoms in total. The molecule has 0 fully saturated rings. The lowest BCUT2D eigenvalue weighted by molar-refractivity contribution is 0.280. The number of benzene rings is 3. The lowest BCUT2D eigenvalue weighted by Gasteiger charge is -2.12. The number of halogens is 1. The van der Waals surface area contributed by atoms with Crippen molar-refractivity contribution in [3.05, 3.63) is 88.7 Å². The highest BCUT2D eigenvalue weighted by molar-refractivity contribution is 6.30. The maximum atomic E-state index is 5.96. The van der Waals surface area contributed by atoms with Crippen molar-refractivity contribution in [2.24, 2.45) is 0 Å². The van der Waals surface area contributed by atoms with E-state index in [0.29, 0.717) is 18.2 Å². The Kier molecular flexibility index (Phi) is 6.24. The number of hydrogen-bond donors (Lipinski definition) is 0. The molecule has 0 spiro atoms. The van der Waals surface area contributed by atoms with Crippen molar-refractivity contribution in [1.29, 1.82) is 0 Å². The maximum Gasteiger partial charge on any atom is 0.147 e. The maximum absolute atomic E-state index is 5.96. The molecule has 0 atom stereocenters. The van der Waals surface area contributed by atoms with E-state index in [1.54, 1.807) is 0 Å². The van der Waals surface area contributed by atoms with Gasteiger partial charge in [0.05, 0.1) is 17.6 Å². The Hall–Kier alpha value is -2.98. The summed E-state index contributed by atoms with van der Waals surface area (Å²) >= 11 is 5.96. The molecular weight excluding hydrogens is 396 g/mol. The molecule has 0 aliphatic heterocycles. The van der Waals surface area contributed by atoms with Gasteiger partial charge in [-0.05, 0) is 79.9 Å². The van der Waals surface area contributed by atoms with Gasteiger partial charge in [0.1, 0.15) is 23.9 Å². The zero-order valence-electron chi connectivity index (χ0n) is 17.3. The quantitative estimate of drug-likeness (QED) is 0.311. The predicted octanol–water partition coefficient (Wildman–Crippen LogP) is 6.35. The van der Waals surface area contributed by atoms with Crippen molar-refractivity contribution in [3.63, 3.8) is 0 Å². The summed E-state index contributed by atoms with van der Waals surface area (Å²) in [5.74, 6) is 2.59. The molecule has 3 aromatic carbocycles. The smallest absolute Gasteiger partial charge is 0.147 e. The Balaban J connectivity index is 1.43. The first-order valence-electron chi connectivity index (χ1n) is 10.1. The number of fused-ring (bicyclic) bond motifs is 1. The van der Waals surface area contributed by atoms with Gasteiger partial charge < -0.3 is 14.0 Å². The van der Waals surface area contributed by atoms with Crippen molar-refractivity contribution < 1.29 is 9.47 Å². The molecule has 0 aliphatic rings. The number of para-hydroxylation sites is 2. The number of hydrogen-bond acceptors (Lipinski definition) is 3. The summed E-state index contributed by atoms with van der Waals surface area (Å²) in [6.45, 7) is 6.06. The standard InChI is InChI=1S/C25H25ClN2O2/c1-18-8-11-22(16-19(18)2)29-15-5-14-28-24-7-4-3-6-23(24)27-25(28)17-30-21-12-9-20(26)10-13-21/h3-4,6-13,16H,5,14-15,17H2,1-2H3. The number of aryl methyl sites for hydroxylation is 3. The first kappa shape index (κ1) is 20.3. The monoisotopic (exact) mass is 420 g/mol. The first-order chi connectivity index (χ1) is 14.6. The summed E-state index contributed by atoms with van der Waals surface area (Å²) in [6.07, 6.45) is 0.876. The second kappa shape index (κ2) is 9.23. The van der Waals surface area contributed by atoms with Gasteiger partial charge in [-0.25, -0.2) is 4.98 Å². The minimum Gasteiger partial charge on any atom is -0.494 e. The molecule has 5 heteroatoms. The van der Waals surface area contributed by atoms with Crippen LogP contribution in [0.1, 0.15) is 23.4 Å². The summed E-state index contributed by atoms with van der Waals surface area (Å²) in [4.78, 5) is 4.77. The molecule has 0 bridgehead atoms. The Morgan fingerprint density at radius 2 is 1.63 bits per heavy atom. The molecule has 4 rings (SSSR count). The van der Waals surface area contributed by atoms with E-state index in [0.717, 1.165) is 41.3 Å². The van der Waals surface area contributed by atoms with E-state index in [1.165, 1.54) is 11.1 Å². The van der Waals surface area contributed by atoms with Crippen molar-refractivity contribution in [3.8, 4) is 11.5 Å². The zero-order chi connectivity index (χ0) is 20.9. The Labute approximate surface area is 182 Å². The average Bonchev–Trinajstić information content (AvgIpc) is 3.11. The lowest BCUT2D eigenvalue weighted by atomic mass is 10.1. The molecular formula is C25H25ClN2O2. The van der Waals surface area contributed by atoms with Gasteiger partial charge in [-0.2, -0.15) is 0 Å². The minimum atomic E-state index is 0.397. The highest BCUT2D eigenvalue weighted by atomic mass is 35.5. The third-order valence-electron chi connectivity index (χ3n) is 5.19. The van der Waals surface area contributed by atoms with Crippen LogP contribution in [0.4, 0.5) is 0 Å². The van der Waals surface area contributed by atoms with Crippen LogP contribution in [-0.2, 0) is 13.2 Å². The summed E-state index contributed by atoms with van der Waals surface area (Å²) in [5.41, 5.74) is 4.60. The summed E-state index contributed by atoms with van der Waals surface area (Å²) in [6, 6.07) is 21.8. The number of rotatable bonds is 8.